The zero-order valence-corrected chi connectivity index (χ0v) is 17.1. The molecular weight excluding hydrogens is 346 g/mol. The summed E-state index contributed by atoms with van der Waals surface area (Å²) >= 11 is 1.24. The highest BCUT2D eigenvalue weighted by Crippen LogP contribution is 2.22. The predicted molar refractivity (Wildman–Crippen MR) is 97.7 cm³/mol. The summed E-state index contributed by atoms with van der Waals surface area (Å²) in [6, 6.07) is 0. The molecule has 0 aromatic rings. The van der Waals surface area contributed by atoms with Gasteiger partial charge < -0.3 is 19.1 Å². The fraction of sp³-hybridized carbons (Fsp3) is 0.824. The maximum absolute atomic E-state index is 12.1. The predicted octanol–water partition coefficient (Wildman–Crippen LogP) is 3.84. The molecule has 1 unspecified atom stereocenters. The first kappa shape index (κ1) is 23.6. The number of ketones is 1. The van der Waals surface area contributed by atoms with Crippen molar-refractivity contribution in [1.29, 1.82) is 0 Å². The lowest BCUT2D eigenvalue weighted by Gasteiger charge is -2.32. The van der Waals surface area contributed by atoms with E-state index in [1.165, 1.54) is 16.7 Å². The number of hydrogen-bond donors (Lipinski definition) is 0. The molecule has 146 valence electrons. The number of thioether (sulfide) groups is 1. The smallest absolute Gasteiger partial charge is 0.444 e. The van der Waals surface area contributed by atoms with Gasteiger partial charge in [0.2, 0.25) is 0 Å². The van der Waals surface area contributed by atoms with E-state index in [0.717, 1.165) is 0 Å². The van der Waals surface area contributed by atoms with Crippen LogP contribution in [0.15, 0.2) is 0 Å². The van der Waals surface area contributed by atoms with Gasteiger partial charge in [-0.2, -0.15) is 0 Å². The van der Waals surface area contributed by atoms with Crippen LogP contribution in [0, 0.1) is 0 Å². The Morgan fingerprint density at radius 2 is 1.88 bits per heavy atom. The monoisotopic (exact) mass is 377 g/mol. The number of ether oxygens (including phenoxy) is 3. The molecule has 7 nitrogen and oxygen atoms in total. The van der Waals surface area contributed by atoms with Crippen LogP contribution in [0.4, 0.5) is 9.59 Å². The fourth-order valence-corrected chi connectivity index (χ4v) is 2.71. The summed E-state index contributed by atoms with van der Waals surface area (Å²) in [5, 5.41) is -0.291. The van der Waals surface area contributed by atoms with Crippen LogP contribution in [0.1, 0.15) is 54.9 Å². The first-order valence-electron chi connectivity index (χ1n) is 8.54. The van der Waals surface area contributed by atoms with E-state index >= 15 is 0 Å². The maximum atomic E-state index is 12.1. The molecule has 0 saturated carbocycles. The van der Waals surface area contributed by atoms with E-state index in [4.69, 9.17) is 14.2 Å². The molecule has 0 aromatic carbocycles. The number of amides is 1. The summed E-state index contributed by atoms with van der Waals surface area (Å²) < 4.78 is 15.0. The third-order valence-corrected chi connectivity index (χ3v) is 3.95. The second-order valence-corrected chi connectivity index (χ2v) is 7.63. The largest absolute Gasteiger partial charge is 0.509 e. The molecule has 8 heteroatoms. The van der Waals surface area contributed by atoms with Crippen molar-refractivity contribution >= 4 is 29.8 Å². The zero-order chi connectivity index (χ0) is 19.6. The van der Waals surface area contributed by atoms with Gasteiger partial charge in [0.05, 0.1) is 17.9 Å². The number of Topliss-reactive ketones (excluding diaryl/α,β-unsaturated/α-hetero) is 1. The van der Waals surface area contributed by atoms with Crippen LogP contribution in [0.25, 0.3) is 0 Å². The summed E-state index contributed by atoms with van der Waals surface area (Å²) in [6.07, 6.45) is -0.964. The van der Waals surface area contributed by atoms with Gasteiger partial charge in [0.15, 0.2) is 5.78 Å². The summed E-state index contributed by atoms with van der Waals surface area (Å²) in [5.74, 6) is -0.0260. The maximum Gasteiger partial charge on any atom is 0.509 e. The molecule has 1 fully saturated rings. The lowest BCUT2D eigenvalue weighted by molar-refractivity contribution is -0.121. The number of carbonyl (C=O) groups is 3. The summed E-state index contributed by atoms with van der Waals surface area (Å²) in [4.78, 5) is 36.7. The molecule has 0 spiro atoms. The van der Waals surface area contributed by atoms with Gasteiger partial charge in [-0.3, -0.25) is 4.79 Å². The average Bonchev–Trinajstić information content (AvgIpc) is 2.48. The highest BCUT2D eigenvalue weighted by Gasteiger charge is 2.32. The summed E-state index contributed by atoms with van der Waals surface area (Å²) in [6.45, 7) is 13.3. The van der Waals surface area contributed by atoms with Crippen LogP contribution in [-0.4, -0.2) is 58.9 Å². The van der Waals surface area contributed by atoms with Crippen molar-refractivity contribution in [3.05, 3.63) is 0 Å². The normalized spacial score (nSPS) is 17.5. The van der Waals surface area contributed by atoms with E-state index in [-0.39, 0.29) is 29.6 Å². The molecule has 25 heavy (non-hydrogen) atoms. The van der Waals surface area contributed by atoms with Crippen molar-refractivity contribution < 1.29 is 28.6 Å². The van der Waals surface area contributed by atoms with Gasteiger partial charge in [-0.1, -0.05) is 13.8 Å². The first-order chi connectivity index (χ1) is 11.6. The van der Waals surface area contributed by atoms with Gasteiger partial charge >= 0.3 is 12.2 Å². The van der Waals surface area contributed by atoms with Crippen LogP contribution in [0.5, 0.6) is 0 Å². The second kappa shape index (κ2) is 11.2. The zero-order valence-electron chi connectivity index (χ0n) is 16.3. The number of rotatable bonds is 4. The average molecular weight is 378 g/mol. The molecule has 1 rings (SSSR count). The molecule has 1 aliphatic rings. The minimum absolute atomic E-state index is 0.0169. The highest BCUT2D eigenvalue weighted by atomic mass is 32.2. The Labute approximate surface area is 154 Å². The standard InChI is InChI=1S/C15H25NO6S.C2H6/c1-10(2)21-14(19)20-9-23-12-6-7-16(8-11(12)17)13(18)22-15(3,4)5;1-2/h10,12H,6-9H2,1-5H3;1-2H3. The van der Waals surface area contributed by atoms with Crippen molar-refractivity contribution in [3.8, 4) is 0 Å². The molecule has 1 atom stereocenters. The van der Waals surface area contributed by atoms with E-state index in [1.807, 2.05) is 13.8 Å². The molecule has 1 aliphatic heterocycles. The lowest BCUT2D eigenvalue weighted by atomic mass is 10.1. The Bertz CT molecular complexity index is 447. The lowest BCUT2D eigenvalue weighted by Crippen LogP contribution is -2.47. The quantitative estimate of drug-likeness (QED) is 0.544. The molecule has 0 N–H and O–H groups in total. The van der Waals surface area contributed by atoms with Gasteiger partial charge in [-0.25, -0.2) is 9.59 Å². The van der Waals surface area contributed by atoms with E-state index in [0.29, 0.717) is 13.0 Å². The Kier molecular flexibility index (Phi) is 10.6. The van der Waals surface area contributed by atoms with Gasteiger partial charge in [-0.05, 0) is 41.0 Å². The molecule has 0 aromatic heterocycles. The van der Waals surface area contributed by atoms with Crippen molar-refractivity contribution in [2.75, 3.05) is 19.0 Å². The molecule has 1 saturated heterocycles. The third kappa shape index (κ3) is 10.2. The van der Waals surface area contributed by atoms with E-state index in [2.05, 4.69) is 0 Å². The molecule has 1 heterocycles. The number of likely N-dealkylation sites (tertiary alicyclic amines) is 1. The van der Waals surface area contributed by atoms with Crippen molar-refractivity contribution in [2.24, 2.45) is 0 Å². The Hall–Kier alpha value is -1.44. The Balaban J connectivity index is 0.00000277. The molecule has 1 amide bonds. The minimum atomic E-state index is -0.744. The van der Waals surface area contributed by atoms with Crippen LogP contribution < -0.4 is 0 Å². The SMILES string of the molecule is CC.CC(C)OC(=O)OCSC1CCN(C(=O)OC(C)(C)C)CC1=O. The Morgan fingerprint density at radius 1 is 1.28 bits per heavy atom. The van der Waals surface area contributed by atoms with Crippen LogP contribution >= 0.6 is 11.8 Å². The summed E-state index contributed by atoms with van der Waals surface area (Å²) in [5.41, 5.74) is -0.587. The molecule has 0 aliphatic carbocycles. The minimum Gasteiger partial charge on any atom is -0.444 e. The Morgan fingerprint density at radius 3 is 2.36 bits per heavy atom. The van der Waals surface area contributed by atoms with Gasteiger partial charge in [0.25, 0.3) is 0 Å². The number of carbonyl (C=O) groups excluding carboxylic acids is 3. The van der Waals surface area contributed by atoms with Gasteiger partial charge in [-0.15, -0.1) is 11.8 Å². The highest BCUT2D eigenvalue weighted by molar-refractivity contribution is 8.00. The van der Waals surface area contributed by atoms with E-state index < -0.39 is 17.8 Å². The van der Waals surface area contributed by atoms with Crippen molar-refractivity contribution in [1.82, 2.24) is 4.90 Å². The van der Waals surface area contributed by atoms with E-state index in [9.17, 15) is 14.4 Å². The van der Waals surface area contributed by atoms with Crippen molar-refractivity contribution in [2.45, 2.75) is 71.8 Å². The van der Waals surface area contributed by atoms with Crippen LogP contribution in [0.2, 0.25) is 0 Å². The number of piperidine rings is 1. The number of hydrogen-bond acceptors (Lipinski definition) is 7. The number of nitrogens with zero attached hydrogens (tertiary/aromatic N) is 1. The van der Waals surface area contributed by atoms with Crippen LogP contribution in [0.3, 0.4) is 0 Å². The van der Waals surface area contributed by atoms with Gasteiger partial charge in [0, 0.05) is 6.54 Å². The fourth-order valence-electron chi connectivity index (χ4n) is 1.85. The third-order valence-electron chi connectivity index (χ3n) is 2.80. The molecule has 0 bridgehead atoms. The van der Waals surface area contributed by atoms with Crippen molar-refractivity contribution in [3.63, 3.8) is 0 Å². The van der Waals surface area contributed by atoms with Gasteiger partial charge in [0.1, 0.15) is 11.5 Å². The second-order valence-electron chi connectivity index (χ2n) is 6.49. The topological polar surface area (TPSA) is 82.1 Å². The van der Waals surface area contributed by atoms with Crippen LogP contribution in [-0.2, 0) is 19.0 Å². The summed E-state index contributed by atoms with van der Waals surface area (Å²) in [7, 11) is 0. The van der Waals surface area contributed by atoms with E-state index in [1.54, 1.807) is 34.6 Å². The molecule has 0 radical (unpaired) electrons. The molecular formula is C17H31NO6S. The first-order valence-corrected chi connectivity index (χ1v) is 9.59.